The Morgan fingerprint density at radius 3 is 1.60 bits per heavy atom. The molecule has 1 aromatic carbocycles. The van der Waals surface area contributed by atoms with Crippen molar-refractivity contribution in [3.05, 3.63) is 33.4 Å². The SMILES string of the molecule is Cc1c(C)c(C)c(C(Br)C2C3CCCCC32)c(C)c1C. The van der Waals surface area contributed by atoms with Crippen LogP contribution in [0.25, 0.3) is 0 Å². The molecule has 0 aliphatic heterocycles. The Labute approximate surface area is 132 Å². The lowest BCUT2D eigenvalue weighted by Gasteiger charge is -2.22. The van der Waals surface area contributed by atoms with Crippen LogP contribution in [0.3, 0.4) is 0 Å². The summed E-state index contributed by atoms with van der Waals surface area (Å²) in [6.07, 6.45) is 5.86. The van der Waals surface area contributed by atoms with Gasteiger partial charge in [0.25, 0.3) is 0 Å². The van der Waals surface area contributed by atoms with Gasteiger partial charge in [-0.3, -0.25) is 0 Å². The molecular formula is C19H27Br. The van der Waals surface area contributed by atoms with E-state index in [9.17, 15) is 0 Å². The molecule has 0 saturated heterocycles. The maximum atomic E-state index is 4.10. The Kier molecular flexibility index (Phi) is 3.77. The first-order chi connectivity index (χ1) is 9.45. The number of hydrogen-bond acceptors (Lipinski definition) is 0. The Morgan fingerprint density at radius 1 is 0.750 bits per heavy atom. The highest BCUT2D eigenvalue weighted by atomic mass is 79.9. The summed E-state index contributed by atoms with van der Waals surface area (Å²) in [6.45, 7) is 11.5. The summed E-state index contributed by atoms with van der Waals surface area (Å²) in [5.41, 5.74) is 9.13. The van der Waals surface area contributed by atoms with E-state index in [1.807, 2.05) is 0 Å². The van der Waals surface area contributed by atoms with Gasteiger partial charge in [-0.1, -0.05) is 28.8 Å². The molecule has 3 atom stereocenters. The van der Waals surface area contributed by atoms with E-state index in [4.69, 9.17) is 0 Å². The second-order valence-electron chi connectivity index (χ2n) is 7.13. The van der Waals surface area contributed by atoms with Crippen LogP contribution in [0.15, 0.2) is 0 Å². The quantitative estimate of drug-likeness (QED) is 0.573. The van der Waals surface area contributed by atoms with E-state index in [0.717, 1.165) is 17.8 Å². The summed E-state index contributed by atoms with van der Waals surface area (Å²) >= 11 is 4.10. The van der Waals surface area contributed by atoms with Gasteiger partial charge in [-0.15, -0.1) is 0 Å². The maximum Gasteiger partial charge on any atom is 0.0434 e. The van der Waals surface area contributed by atoms with Crippen LogP contribution >= 0.6 is 15.9 Å². The summed E-state index contributed by atoms with van der Waals surface area (Å²) in [5, 5.41) is 0. The van der Waals surface area contributed by atoms with Crippen LogP contribution in [0.4, 0.5) is 0 Å². The molecule has 0 heterocycles. The molecule has 0 N–H and O–H groups in total. The van der Waals surface area contributed by atoms with Crippen molar-refractivity contribution >= 4 is 15.9 Å². The molecule has 2 aliphatic carbocycles. The molecule has 0 radical (unpaired) electrons. The van der Waals surface area contributed by atoms with Gasteiger partial charge in [-0.2, -0.15) is 0 Å². The maximum absolute atomic E-state index is 4.10. The predicted molar refractivity (Wildman–Crippen MR) is 90.7 cm³/mol. The molecular weight excluding hydrogens is 308 g/mol. The van der Waals surface area contributed by atoms with Gasteiger partial charge >= 0.3 is 0 Å². The third-order valence-corrected chi connectivity index (χ3v) is 7.46. The van der Waals surface area contributed by atoms with Gasteiger partial charge in [0.15, 0.2) is 0 Å². The normalized spacial score (nSPS) is 30.0. The second-order valence-corrected chi connectivity index (χ2v) is 8.12. The van der Waals surface area contributed by atoms with Crippen molar-refractivity contribution in [2.45, 2.75) is 65.1 Å². The molecule has 0 bridgehead atoms. The highest BCUT2D eigenvalue weighted by Gasteiger charge is 2.54. The standard InChI is InChI=1S/C19H27Br/c1-10-11(2)13(4)17(14(5)12(10)3)19(20)18-15-8-6-7-9-16(15)18/h15-16,18-19H,6-9H2,1-5H3. The van der Waals surface area contributed by atoms with Crippen molar-refractivity contribution in [1.82, 2.24) is 0 Å². The second kappa shape index (κ2) is 5.16. The van der Waals surface area contributed by atoms with Crippen LogP contribution in [-0.4, -0.2) is 0 Å². The van der Waals surface area contributed by atoms with Crippen molar-refractivity contribution in [3.8, 4) is 0 Å². The Hall–Kier alpha value is -0.300. The van der Waals surface area contributed by atoms with Crippen molar-refractivity contribution in [2.75, 3.05) is 0 Å². The topological polar surface area (TPSA) is 0 Å². The smallest absolute Gasteiger partial charge is 0.0434 e. The fourth-order valence-electron chi connectivity index (χ4n) is 4.62. The van der Waals surface area contributed by atoms with E-state index >= 15 is 0 Å². The van der Waals surface area contributed by atoms with Crippen molar-refractivity contribution in [3.63, 3.8) is 0 Å². The molecule has 20 heavy (non-hydrogen) atoms. The van der Waals surface area contributed by atoms with Crippen LogP contribution in [-0.2, 0) is 0 Å². The summed E-state index contributed by atoms with van der Waals surface area (Å²) in [5.74, 6) is 2.92. The minimum Gasteiger partial charge on any atom is -0.0835 e. The van der Waals surface area contributed by atoms with Crippen molar-refractivity contribution < 1.29 is 0 Å². The lowest BCUT2D eigenvalue weighted by atomic mass is 9.87. The molecule has 2 saturated carbocycles. The first-order valence-corrected chi connectivity index (χ1v) is 9.07. The zero-order chi connectivity index (χ0) is 14.6. The number of halogens is 1. The third-order valence-electron chi connectivity index (χ3n) is 6.39. The monoisotopic (exact) mass is 334 g/mol. The van der Waals surface area contributed by atoms with Crippen LogP contribution in [0.1, 0.15) is 63.9 Å². The fourth-order valence-corrected chi connectivity index (χ4v) is 6.09. The Bertz CT molecular complexity index is 502. The van der Waals surface area contributed by atoms with Crippen molar-refractivity contribution in [2.24, 2.45) is 17.8 Å². The van der Waals surface area contributed by atoms with Gasteiger partial charge in [0.05, 0.1) is 0 Å². The largest absolute Gasteiger partial charge is 0.0835 e. The first-order valence-electron chi connectivity index (χ1n) is 8.16. The lowest BCUT2D eigenvalue weighted by Crippen LogP contribution is -2.07. The molecule has 2 aliphatic rings. The molecule has 3 unspecified atom stereocenters. The Morgan fingerprint density at radius 2 is 1.15 bits per heavy atom. The molecule has 0 aromatic heterocycles. The number of fused-ring (bicyclic) bond motifs is 1. The molecule has 0 spiro atoms. The van der Waals surface area contributed by atoms with Gasteiger partial charge in [0.1, 0.15) is 0 Å². The van der Waals surface area contributed by atoms with Crippen LogP contribution in [0.5, 0.6) is 0 Å². The molecule has 1 heteroatoms. The third kappa shape index (κ3) is 2.08. The van der Waals surface area contributed by atoms with E-state index in [0.29, 0.717) is 4.83 Å². The van der Waals surface area contributed by atoms with E-state index in [2.05, 4.69) is 50.5 Å². The highest BCUT2D eigenvalue weighted by Crippen LogP contribution is 2.63. The minimum atomic E-state index is 0.577. The average Bonchev–Trinajstić information content (AvgIpc) is 3.17. The van der Waals surface area contributed by atoms with Gasteiger partial charge in [0, 0.05) is 4.83 Å². The molecule has 3 rings (SSSR count). The predicted octanol–water partition coefficient (Wildman–Crippen LogP) is 6.10. The fraction of sp³-hybridized carbons (Fsp3) is 0.684. The number of benzene rings is 1. The van der Waals surface area contributed by atoms with Gasteiger partial charge in [-0.05, 0) is 98.6 Å². The number of hydrogen-bond donors (Lipinski definition) is 0. The van der Waals surface area contributed by atoms with Crippen molar-refractivity contribution in [1.29, 1.82) is 0 Å². The van der Waals surface area contributed by atoms with Crippen LogP contribution in [0, 0.1) is 52.4 Å². The Balaban J connectivity index is 1.98. The summed E-state index contributed by atoms with van der Waals surface area (Å²) in [6, 6.07) is 0. The molecule has 110 valence electrons. The summed E-state index contributed by atoms with van der Waals surface area (Å²) in [4.78, 5) is 0.577. The highest BCUT2D eigenvalue weighted by molar-refractivity contribution is 9.09. The van der Waals surface area contributed by atoms with E-state index in [-0.39, 0.29) is 0 Å². The van der Waals surface area contributed by atoms with Gasteiger partial charge in [-0.25, -0.2) is 0 Å². The van der Waals surface area contributed by atoms with Gasteiger partial charge in [0.2, 0.25) is 0 Å². The van der Waals surface area contributed by atoms with Crippen LogP contribution in [0.2, 0.25) is 0 Å². The zero-order valence-corrected chi connectivity index (χ0v) is 15.1. The number of alkyl halides is 1. The molecule has 0 nitrogen and oxygen atoms in total. The molecule has 2 fully saturated rings. The van der Waals surface area contributed by atoms with E-state index in [1.165, 1.54) is 53.5 Å². The van der Waals surface area contributed by atoms with Crippen LogP contribution < -0.4 is 0 Å². The van der Waals surface area contributed by atoms with E-state index < -0.39 is 0 Å². The summed E-state index contributed by atoms with van der Waals surface area (Å²) < 4.78 is 0. The lowest BCUT2D eigenvalue weighted by molar-refractivity contribution is 0.480. The summed E-state index contributed by atoms with van der Waals surface area (Å²) in [7, 11) is 0. The molecule has 0 amide bonds. The number of rotatable bonds is 2. The van der Waals surface area contributed by atoms with Gasteiger partial charge < -0.3 is 0 Å². The average molecular weight is 335 g/mol. The zero-order valence-electron chi connectivity index (χ0n) is 13.5. The van der Waals surface area contributed by atoms with E-state index in [1.54, 1.807) is 5.56 Å². The first kappa shape index (κ1) is 14.6. The molecule has 1 aromatic rings. The minimum absolute atomic E-state index is 0.577.